The van der Waals surface area contributed by atoms with Crippen LogP contribution in [-0.2, 0) is 17.9 Å². The van der Waals surface area contributed by atoms with Crippen LogP contribution in [0.1, 0.15) is 4.88 Å². The molecule has 1 aromatic carbocycles. The second-order valence-corrected chi connectivity index (χ2v) is 8.21. The van der Waals surface area contributed by atoms with Gasteiger partial charge in [-0.3, -0.25) is 19.5 Å². The van der Waals surface area contributed by atoms with Gasteiger partial charge in [0.25, 0.3) is 5.56 Å². The Morgan fingerprint density at radius 3 is 2.67 bits per heavy atom. The van der Waals surface area contributed by atoms with Crippen molar-refractivity contribution in [2.24, 2.45) is 0 Å². The Bertz CT molecular complexity index is 1260. The maximum Gasteiger partial charge on any atom is 0.321 e. The van der Waals surface area contributed by atoms with E-state index in [0.29, 0.717) is 27.9 Å². The number of fused-ring (bicyclic) bond motifs is 1. The number of hydrogen-bond donors (Lipinski definition) is 2. The Kier molecular flexibility index (Phi) is 5.68. The molecule has 30 heavy (non-hydrogen) atoms. The molecule has 4 aromatic rings. The highest BCUT2D eigenvalue weighted by Crippen LogP contribution is 2.30. The summed E-state index contributed by atoms with van der Waals surface area (Å²) in [6.45, 7) is -0.0485. The Labute approximate surface area is 177 Å². The summed E-state index contributed by atoms with van der Waals surface area (Å²) in [5.41, 5.74) is 0.891. The molecule has 0 spiro atoms. The normalized spacial score (nSPS) is 10.8. The molecule has 0 saturated heterocycles. The van der Waals surface area contributed by atoms with E-state index in [0.717, 1.165) is 9.44 Å². The molecular formula is C20H15FN4O3S2. The molecule has 4 rings (SSSR count). The first-order valence-electron chi connectivity index (χ1n) is 8.84. The van der Waals surface area contributed by atoms with Crippen LogP contribution in [0, 0.1) is 5.82 Å². The number of nitrogens with zero attached hydrogens (tertiary/aromatic N) is 2. The minimum Gasteiger partial charge on any atom is -0.333 e. The zero-order chi connectivity index (χ0) is 21.1. The van der Waals surface area contributed by atoms with Crippen LogP contribution in [0.25, 0.3) is 21.3 Å². The van der Waals surface area contributed by atoms with Gasteiger partial charge in [-0.2, -0.15) is 0 Å². The summed E-state index contributed by atoms with van der Waals surface area (Å²) in [5, 5.41) is 8.80. The summed E-state index contributed by atoms with van der Waals surface area (Å²) in [6, 6.07) is 8.89. The molecule has 0 aliphatic heterocycles. The van der Waals surface area contributed by atoms with Crippen molar-refractivity contribution in [3.8, 4) is 11.1 Å². The number of amides is 3. The van der Waals surface area contributed by atoms with Gasteiger partial charge in [-0.25, -0.2) is 14.2 Å². The van der Waals surface area contributed by atoms with Gasteiger partial charge < -0.3 is 5.32 Å². The van der Waals surface area contributed by atoms with Gasteiger partial charge in [0.15, 0.2) is 0 Å². The molecule has 0 atom stereocenters. The number of urea groups is 1. The van der Waals surface area contributed by atoms with E-state index in [1.165, 1.54) is 41.1 Å². The van der Waals surface area contributed by atoms with Gasteiger partial charge in [-0.15, -0.1) is 22.7 Å². The Morgan fingerprint density at radius 2 is 1.93 bits per heavy atom. The van der Waals surface area contributed by atoms with Crippen LogP contribution in [0.4, 0.5) is 9.18 Å². The van der Waals surface area contributed by atoms with Crippen molar-refractivity contribution in [2.45, 2.75) is 13.1 Å². The lowest BCUT2D eigenvalue weighted by Crippen LogP contribution is -2.41. The van der Waals surface area contributed by atoms with E-state index in [9.17, 15) is 18.8 Å². The fourth-order valence-corrected chi connectivity index (χ4v) is 4.42. The van der Waals surface area contributed by atoms with E-state index in [2.05, 4.69) is 15.6 Å². The number of rotatable bonds is 5. The van der Waals surface area contributed by atoms with Crippen molar-refractivity contribution >= 4 is 44.8 Å². The minimum atomic E-state index is -0.641. The van der Waals surface area contributed by atoms with Gasteiger partial charge in [-0.1, -0.05) is 18.2 Å². The van der Waals surface area contributed by atoms with Gasteiger partial charge in [-0.05, 0) is 29.1 Å². The topological polar surface area (TPSA) is 93.1 Å². The van der Waals surface area contributed by atoms with Crippen LogP contribution in [0.5, 0.6) is 0 Å². The van der Waals surface area contributed by atoms with E-state index in [-0.39, 0.29) is 12.4 Å². The number of hydrogen-bond acceptors (Lipinski definition) is 6. The summed E-state index contributed by atoms with van der Waals surface area (Å²) in [6.07, 6.45) is 1.28. The molecule has 0 bridgehead atoms. The molecule has 0 aliphatic rings. The number of benzene rings is 1. The molecule has 2 N–H and O–H groups in total. The Hall–Kier alpha value is -3.37. The second-order valence-electron chi connectivity index (χ2n) is 6.32. The predicted octanol–water partition coefficient (Wildman–Crippen LogP) is 3.35. The molecule has 152 valence electrons. The number of nitrogens with one attached hydrogen (secondary N) is 2. The number of imide groups is 1. The van der Waals surface area contributed by atoms with Crippen molar-refractivity contribution < 1.29 is 14.0 Å². The molecule has 0 unspecified atom stereocenters. The highest BCUT2D eigenvalue weighted by molar-refractivity contribution is 7.17. The highest BCUT2D eigenvalue weighted by atomic mass is 32.1. The molecule has 3 aromatic heterocycles. The Balaban J connectivity index is 1.50. The smallest absolute Gasteiger partial charge is 0.321 e. The molecule has 0 radical (unpaired) electrons. The molecule has 7 nitrogen and oxygen atoms in total. The first-order chi connectivity index (χ1) is 14.5. The van der Waals surface area contributed by atoms with Crippen molar-refractivity contribution in [3.63, 3.8) is 0 Å². The molecule has 3 heterocycles. The van der Waals surface area contributed by atoms with Crippen LogP contribution in [0.3, 0.4) is 0 Å². The van der Waals surface area contributed by atoms with Crippen LogP contribution in [0.2, 0.25) is 0 Å². The van der Waals surface area contributed by atoms with Crippen molar-refractivity contribution in [2.75, 3.05) is 0 Å². The van der Waals surface area contributed by atoms with Crippen LogP contribution in [0.15, 0.2) is 58.3 Å². The lowest BCUT2D eigenvalue weighted by Gasteiger charge is -2.08. The maximum atomic E-state index is 13.2. The predicted molar refractivity (Wildman–Crippen MR) is 114 cm³/mol. The zero-order valence-electron chi connectivity index (χ0n) is 15.4. The third kappa shape index (κ3) is 4.29. The van der Waals surface area contributed by atoms with E-state index in [4.69, 9.17) is 0 Å². The standard InChI is InChI=1S/C20H15FN4O3S2/c21-13-5-3-12(4-6-13)15-10-30-18-17(15)19(27)25(11-23-18)9-16(26)24-20(28)22-8-14-2-1-7-29-14/h1-7,10-11H,8-9H2,(H2,22,24,26,28). The minimum absolute atomic E-state index is 0.306. The molecule has 3 amide bonds. The van der Waals surface area contributed by atoms with E-state index in [1.54, 1.807) is 17.5 Å². The summed E-state index contributed by atoms with van der Waals surface area (Å²) in [5.74, 6) is -1.01. The third-order valence-corrected chi connectivity index (χ3v) is 6.05. The van der Waals surface area contributed by atoms with E-state index in [1.807, 2.05) is 17.5 Å². The van der Waals surface area contributed by atoms with Gasteiger partial charge in [0.1, 0.15) is 17.2 Å². The molecular weight excluding hydrogens is 427 g/mol. The molecule has 0 saturated carbocycles. The lowest BCUT2D eigenvalue weighted by molar-refractivity contribution is -0.120. The van der Waals surface area contributed by atoms with E-state index < -0.39 is 17.5 Å². The number of thiophene rings is 2. The van der Waals surface area contributed by atoms with Gasteiger partial charge in [0, 0.05) is 15.8 Å². The zero-order valence-corrected chi connectivity index (χ0v) is 17.1. The maximum absolute atomic E-state index is 13.2. The average molecular weight is 442 g/mol. The second kappa shape index (κ2) is 8.56. The van der Waals surface area contributed by atoms with Crippen molar-refractivity contribution in [3.05, 3.63) is 74.5 Å². The van der Waals surface area contributed by atoms with Gasteiger partial charge >= 0.3 is 6.03 Å². The first kappa shape index (κ1) is 19.9. The number of carbonyl (C=O) groups excluding carboxylic acids is 2. The first-order valence-corrected chi connectivity index (χ1v) is 10.6. The third-order valence-electron chi connectivity index (χ3n) is 4.29. The van der Waals surface area contributed by atoms with Gasteiger partial charge in [0.2, 0.25) is 5.91 Å². The number of aromatic nitrogens is 2. The van der Waals surface area contributed by atoms with Crippen LogP contribution < -0.4 is 16.2 Å². The Morgan fingerprint density at radius 1 is 1.13 bits per heavy atom. The molecule has 10 heteroatoms. The SMILES string of the molecule is O=C(Cn1cnc2scc(-c3ccc(F)cc3)c2c1=O)NC(=O)NCc1cccs1. The summed E-state index contributed by atoms with van der Waals surface area (Å²) in [4.78, 5) is 42.7. The van der Waals surface area contributed by atoms with Crippen molar-refractivity contribution in [1.29, 1.82) is 0 Å². The quantitative estimate of drug-likeness (QED) is 0.496. The van der Waals surface area contributed by atoms with Gasteiger partial charge in [0.05, 0.1) is 18.3 Å². The summed E-state index contributed by atoms with van der Waals surface area (Å²) in [7, 11) is 0. The molecule has 0 aliphatic carbocycles. The van der Waals surface area contributed by atoms with Crippen LogP contribution in [-0.4, -0.2) is 21.5 Å². The van der Waals surface area contributed by atoms with Crippen molar-refractivity contribution in [1.82, 2.24) is 20.2 Å². The number of carbonyl (C=O) groups is 2. The van der Waals surface area contributed by atoms with E-state index >= 15 is 0 Å². The monoisotopic (exact) mass is 442 g/mol. The fourth-order valence-electron chi connectivity index (χ4n) is 2.87. The van der Waals surface area contributed by atoms with Crippen LogP contribution >= 0.6 is 22.7 Å². The fraction of sp³-hybridized carbons (Fsp3) is 0.100. The number of halogens is 1. The lowest BCUT2D eigenvalue weighted by atomic mass is 10.1. The summed E-state index contributed by atoms with van der Waals surface area (Å²) < 4.78 is 14.4. The molecule has 0 fully saturated rings. The average Bonchev–Trinajstić information content (AvgIpc) is 3.39. The largest absolute Gasteiger partial charge is 0.333 e. The summed E-state index contributed by atoms with van der Waals surface area (Å²) >= 11 is 2.78. The highest BCUT2D eigenvalue weighted by Gasteiger charge is 2.16.